The lowest BCUT2D eigenvalue weighted by Gasteiger charge is -2.12. The van der Waals surface area contributed by atoms with Crippen LogP contribution in [0.2, 0.25) is 0 Å². The highest BCUT2D eigenvalue weighted by atomic mass is 127. The lowest BCUT2D eigenvalue weighted by Crippen LogP contribution is -2.40. The Morgan fingerprint density at radius 3 is 2.90 bits per heavy atom. The average molecular weight is 514 g/mol. The number of aliphatic imine (C=N–C) groups is 1. The van der Waals surface area contributed by atoms with Gasteiger partial charge in [0.05, 0.1) is 17.8 Å². The summed E-state index contributed by atoms with van der Waals surface area (Å²) in [5, 5.41) is 14.9. The molecule has 0 fully saturated rings. The normalized spacial score (nSPS) is 11.3. The van der Waals surface area contributed by atoms with Gasteiger partial charge in [0.25, 0.3) is 0 Å². The lowest BCUT2D eigenvalue weighted by atomic mass is 10.4. The summed E-state index contributed by atoms with van der Waals surface area (Å²) in [6.07, 6.45) is 5.82. The Labute approximate surface area is 186 Å². The first-order chi connectivity index (χ1) is 13.8. The van der Waals surface area contributed by atoms with Gasteiger partial charge < -0.3 is 25.1 Å². The lowest BCUT2D eigenvalue weighted by molar-refractivity contribution is 0.105. The van der Waals surface area contributed by atoms with Crippen molar-refractivity contribution in [2.75, 3.05) is 38.6 Å². The number of aryl methyl sites for hydroxylation is 1. The Balaban J connectivity index is 0.00000300. The van der Waals surface area contributed by atoms with Crippen molar-refractivity contribution in [3.8, 4) is 0 Å². The van der Waals surface area contributed by atoms with Crippen LogP contribution in [-0.2, 0) is 18.4 Å². The van der Waals surface area contributed by atoms with Crippen LogP contribution in [0.3, 0.4) is 0 Å². The van der Waals surface area contributed by atoms with Crippen LogP contribution in [0, 0.1) is 0 Å². The molecule has 0 saturated carbocycles. The maximum atomic E-state index is 5.55. The van der Waals surface area contributed by atoms with E-state index in [1.807, 2.05) is 19.2 Å². The summed E-state index contributed by atoms with van der Waals surface area (Å²) < 4.78 is 12.5. The molecule has 0 aliphatic rings. The minimum atomic E-state index is 0. The molecule has 0 saturated heterocycles. The van der Waals surface area contributed by atoms with Gasteiger partial charge in [0.2, 0.25) is 0 Å². The zero-order chi connectivity index (χ0) is 19.6. The number of anilines is 1. The number of halogens is 1. The molecule has 3 aromatic rings. The number of nitrogens with zero attached hydrogens (tertiary/aromatic N) is 5. The van der Waals surface area contributed by atoms with E-state index in [0.717, 1.165) is 41.5 Å². The fraction of sp³-hybridized carbons (Fsp3) is 0.444. The topological polar surface area (TPSA) is 114 Å². The minimum absolute atomic E-state index is 0. The third kappa shape index (κ3) is 6.85. The first-order valence-electron chi connectivity index (χ1n) is 9.19. The van der Waals surface area contributed by atoms with Crippen LogP contribution in [0.25, 0.3) is 11.0 Å². The molecule has 0 radical (unpaired) electrons. The highest BCUT2D eigenvalue weighted by Crippen LogP contribution is 2.16. The Kier molecular flexibility index (Phi) is 9.64. The van der Waals surface area contributed by atoms with Crippen LogP contribution < -0.4 is 16.0 Å². The predicted octanol–water partition coefficient (Wildman–Crippen LogP) is 1.76. The minimum Gasteiger partial charge on any atom is -0.467 e. The van der Waals surface area contributed by atoms with Crippen molar-refractivity contribution in [2.45, 2.75) is 13.0 Å². The van der Waals surface area contributed by atoms with Gasteiger partial charge in [-0.15, -0.1) is 24.0 Å². The van der Waals surface area contributed by atoms with Crippen molar-refractivity contribution < 1.29 is 9.15 Å². The maximum Gasteiger partial charge on any atom is 0.191 e. The van der Waals surface area contributed by atoms with E-state index in [4.69, 9.17) is 9.15 Å². The summed E-state index contributed by atoms with van der Waals surface area (Å²) in [5.74, 6) is 2.36. The Morgan fingerprint density at radius 2 is 2.10 bits per heavy atom. The predicted molar refractivity (Wildman–Crippen MR) is 123 cm³/mol. The molecule has 3 aromatic heterocycles. The van der Waals surface area contributed by atoms with Gasteiger partial charge in [0, 0.05) is 40.3 Å². The fourth-order valence-electron chi connectivity index (χ4n) is 2.63. The van der Waals surface area contributed by atoms with Crippen LogP contribution in [0.4, 0.5) is 5.82 Å². The first-order valence-corrected chi connectivity index (χ1v) is 9.19. The van der Waals surface area contributed by atoms with Gasteiger partial charge in [0.15, 0.2) is 11.6 Å². The monoisotopic (exact) mass is 514 g/mol. The molecule has 29 heavy (non-hydrogen) atoms. The van der Waals surface area contributed by atoms with Crippen LogP contribution in [0.15, 0.2) is 40.3 Å². The van der Waals surface area contributed by atoms with E-state index in [-0.39, 0.29) is 24.0 Å². The van der Waals surface area contributed by atoms with Crippen molar-refractivity contribution in [2.24, 2.45) is 12.0 Å². The van der Waals surface area contributed by atoms with E-state index < -0.39 is 0 Å². The van der Waals surface area contributed by atoms with Gasteiger partial charge in [-0.1, -0.05) is 0 Å². The molecule has 158 valence electrons. The Hall–Kier alpha value is -2.41. The Bertz CT molecular complexity index is 881. The number of guanidine groups is 1. The number of aromatic nitrogens is 4. The van der Waals surface area contributed by atoms with E-state index in [2.05, 4.69) is 36.0 Å². The second-order valence-corrected chi connectivity index (χ2v) is 6.07. The molecular weight excluding hydrogens is 487 g/mol. The van der Waals surface area contributed by atoms with E-state index in [9.17, 15) is 0 Å². The summed E-state index contributed by atoms with van der Waals surface area (Å²) in [6, 6.07) is 3.76. The average Bonchev–Trinajstić information content (AvgIpc) is 3.36. The molecule has 0 aromatic carbocycles. The van der Waals surface area contributed by atoms with Gasteiger partial charge in [-0.05, 0) is 18.6 Å². The van der Waals surface area contributed by atoms with Crippen LogP contribution in [0.1, 0.15) is 12.2 Å². The SMILES string of the molecule is CN=C(NCCCOCc1ccco1)NCCNc1ncnc2c1cnn2C.I. The van der Waals surface area contributed by atoms with Gasteiger partial charge >= 0.3 is 0 Å². The van der Waals surface area contributed by atoms with Gasteiger partial charge in [-0.3, -0.25) is 9.67 Å². The second kappa shape index (κ2) is 12.2. The molecule has 0 atom stereocenters. The molecule has 0 unspecified atom stereocenters. The number of rotatable bonds is 10. The maximum absolute atomic E-state index is 5.55. The van der Waals surface area contributed by atoms with Crippen molar-refractivity contribution >= 4 is 46.8 Å². The molecule has 11 heteroatoms. The van der Waals surface area contributed by atoms with E-state index in [1.54, 1.807) is 24.2 Å². The third-order valence-corrected chi connectivity index (χ3v) is 4.05. The summed E-state index contributed by atoms with van der Waals surface area (Å²) in [6.45, 7) is 3.31. The van der Waals surface area contributed by atoms with Crippen LogP contribution in [-0.4, -0.2) is 59.0 Å². The number of fused-ring (bicyclic) bond motifs is 1. The summed E-state index contributed by atoms with van der Waals surface area (Å²) >= 11 is 0. The molecule has 3 N–H and O–H groups in total. The standard InChI is InChI=1S/C18H26N8O2.HI/c1-19-18(21-6-4-9-27-12-14-5-3-10-28-14)22-8-7-20-16-15-11-25-26(2)17(15)24-13-23-16;/h3,5,10-11,13H,4,6-9,12H2,1-2H3,(H2,19,21,22)(H,20,23,24);1H. The highest BCUT2D eigenvalue weighted by molar-refractivity contribution is 14.0. The molecule has 0 amide bonds. The van der Waals surface area contributed by atoms with E-state index in [1.165, 1.54) is 6.33 Å². The zero-order valence-corrected chi connectivity index (χ0v) is 18.9. The van der Waals surface area contributed by atoms with Crippen LogP contribution >= 0.6 is 24.0 Å². The largest absolute Gasteiger partial charge is 0.467 e. The van der Waals surface area contributed by atoms with Crippen molar-refractivity contribution in [1.82, 2.24) is 30.4 Å². The van der Waals surface area contributed by atoms with Gasteiger partial charge in [-0.25, -0.2) is 9.97 Å². The van der Waals surface area contributed by atoms with Crippen molar-refractivity contribution in [3.63, 3.8) is 0 Å². The molecule has 0 aliphatic carbocycles. The van der Waals surface area contributed by atoms with Crippen LogP contribution in [0.5, 0.6) is 0 Å². The molecule has 0 spiro atoms. The Morgan fingerprint density at radius 1 is 1.24 bits per heavy atom. The number of hydrogen-bond donors (Lipinski definition) is 3. The molecule has 3 heterocycles. The zero-order valence-electron chi connectivity index (χ0n) is 16.6. The highest BCUT2D eigenvalue weighted by Gasteiger charge is 2.07. The summed E-state index contributed by atoms with van der Waals surface area (Å²) in [7, 11) is 3.61. The van der Waals surface area contributed by atoms with E-state index >= 15 is 0 Å². The number of ether oxygens (including phenoxy) is 1. The number of furan rings is 1. The van der Waals surface area contributed by atoms with Crippen molar-refractivity contribution in [3.05, 3.63) is 36.7 Å². The summed E-state index contributed by atoms with van der Waals surface area (Å²) in [5.41, 5.74) is 0.803. The third-order valence-electron chi connectivity index (χ3n) is 4.05. The van der Waals surface area contributed by atoms with Crippen molar-refractivity contribution in [1.29, 1.82) is 0 Å². The fourth-order valence-corrected chi connectivity index (χ4v) is 2.63. The smallest absolute Gasteiger partial charge is 0.191 e. The number of nitrogens with one attached hydrogen (secondary N) is 3. The van der Waals surface area contributed by atoms with Gasteiger partial charge in [0.1, 0.15) is 24.5 Å². The number of hydrogen-bond acceptors (Lipinski definition) is 7. The van der Waals surface area contributed by atoms with E-state index in [0.29, 0.717) is 26.3 Å². The molecule has 0 bridgehead atoms. The summed E-state index contributed by atoms with van der Waals surface area (Å²) in [4.78, 5) is 12.7. The molecule has 3 rings (SSSR count). The quantitative estimate of drug-likeness (QED) is 0.162. The molecule has 10 nitrogen and oxygen atoms in total. The molecular formula is C18H27IN8O2. The first kappa shape index (κ1) is 22.9. The second-order valence-electron chi connectivity index (χ2n) is 6.07. The molecule has 0 aliphatic heterocycles. The van der Waals surface area contributed by atoms with Gasteiger partial charge in [-0.2, -0.15) is 5.10 Å².